The molecule has 5 nitrogen and oxygen atoms in total. The van der Waals surface area contributed by atoms with Gasteiger partial charge in [-0.2, -0.15) is 4.31 Å². The molecular weight excluding hydrogens is 332 g/mol. The Bertz CT molecular complexity index is 587. The van der Waals surface area contributed by atoms with E-state index in [0.29, 0.717) is 29.5 Å². The molecule has 0 bridgehead atoms. The van der Waals surface area contributed by atoms with E-state index in [1.807, 2.05) is 0 Å². The summed E-state index contributed by atoms with van der Waals surface area (Å²) in [6, 6.07) is 4.53. The smallest absolute Gasteiger partial charge is 0.243 e. The molecule has 1 saturated heterocycles. The van der Waals surface area contributed by atoms with Crippen LogP contribution in [0.15, 0.2) is 27.6 Å². The van der Waals surface area contributed by atoms with Crippen molar-refractivity contribution < 1.29 is 13.5 Å². The first kappa shape index (κ1) is 14.8. The van der Waals surface area contributed by atoms with Gasteiger partial charge in [-0.05, 0) is 53.9 Å². The Morgan fingerprint density at radius 2 is 2.16 bits per heavy atom. The van der Waals surface area contributed by atoms with E-state index in [1.54, 1.807) is 13.0 Å². The fourth-order valence-electron chi connectivity index (χ4n) is 2.20. The minimum Gasteiger partial charge on any atom is -0.398 e. The molecule has 0 aromatic heterocycles. The number of hydrogen-bond donors (Lipinski definition) is 2. The summed E-state index contributed by atoms with van der Waals surface area (Å²) in [5.74, 6) is 0. The van der Waals surface area contributed by atoms with E-state index in [2.05, 4.69) is 15.9 Å². The molecule has 0 saturated carbocycles. The normalized spacial score (nSPS) is 25.4. The Balaban J connectivity index is 2.34. The number of β-amino-alcohol motifs (C(OH)–C–C–N with tert-alkyl or cyclic N) is 1. The third-order valence-electron chi connectivity index (χ3n) is 3.25. The molecule has 1 aromatic carbocycles. The van der Waals surface area contributed by atoms with Gasteiger partial charge in [-0.3, -0.25) is 0 Å². The van der Waals surface area contributed by atoms with Crippen LogP contribution in [0.3, 0.4) is 0 Å². The molecule has 1 fully saturated rings. The van der Waals surface area contributed by atoms with Gasteiger partial charge < -0.3 is 10.8 Å². The van der Waals surface area contributed by atoms with Crippen molar-refractivity contribution in [2.45, 2.75) is 30.3 Å². The second-order valence-corrected chi connectivity index (χ2v) is 7.91. The van der Waals surface area contributed by atoms with Gasteiger partial charge in [0.25, 0.3) is 0 Å². The molecule has 2 rings (SSSR count). The first-order valence-electron chi connectivity index (χ1n) is 6.00. The quantitative estimate of drug-likeness (QED) is 0.794. The molecule has 106 valence electrons. The van der Waals surface area contributed by atoms with Gasteiger partial charge in [0.1, 0.15) is 0 Å². The Hall–Kier alpha value is -0.630. The highest BCUT2D eigenvalue weighted by Gasteiger charge is 2.35. The molecule has 0 spiro atoms. The Kier molecular flexibility index (Phi) is 3.92. The van der Waals surface area contributed by atoms with E-state index >= 15 is 0 Å². The van der Waals surface area contributed by atoms with Crippen LogP contribution in [0.5, 0.6) is 0 Å². The molecular formula is C12H17BrN2O3S. The molecule has 1 aliphatic rings. The fraction of sp³-hybridized carbons (Fsp3) is 0.500. The van der Waals surface area contributed by atoms with Crippen molar-refractivity contribution in [3.8, 4) is 0 Å². The average Bonchev–Trinajstić information content (AvgIpc) is 2.31. The molecule has 1 aromatic rings. The molecule has 0 radical (unpaired) electrons. The second kappa shape index (κ2) is 5.05. The maximum Gasteiger partial charge on any atom is 0.243 e. The number of nitrogens with two attached hydrogens (primary N) is 1. The van der Waals surface area contributed by atoms with Crippen LogP contribution in [0.1, 0.15) is 19.8 Å². The molecule has 1 heterocycles. The van der Waals surface area contributed by atoms with E-state index in [-0.39, 0.29) is 11.4 Å². The van der Waals surface area contributed by atoms with Gasteiger partial charge >= 0.3 is 0 Å². The third kappa shape index (κ3) is 3.10. The van der Waals surface area contributed by atoms with E-state index in [0.717, 1.165) is 0 Å². The lowest BCUT2D eigenvalue weighted by Gasteiger charge is -2.35. The van der Waals surface area contributed by atoms with Gasteiger partial charge in [0.15, 0.2) is 0 Å². The summed E-state index contributed by atoms with van der Waals surface area (Å²) < 4.78 is 26.9. The van der Waals surface area contributed by atoms with Gasteiger partial charge in [0.2, 0.25) is 10.0 Å². The molecule has 7 heteroatoms. The number of benzene rings is 1. The summed E-state index contributed by atoms with van der Waals surface area (Å²) in [4.78, 5) is 0.186. The van der Waals surface area contributed by atoms with Crippen LogP contribution in [0.25, 0.3) is 0 Å². The predicted octanol–water partition coefficient (Wildman–Crippen LogP) is 1.57. The summed E-state index contributed by atoms with van der Waals surface area (Å²) in [5, 5.41) is 10.0. The van der Waals surface area contributed by atoms with Crippen molar-refractivity contribution in [1.82, 2.24) is 4.31 Å². The third-order valence-corrected chi connectivity index (χ3v) is 5.78. The average molecular weight is 349 g/mol. The van der Waals surface area contributed by atoms with Crippen molar-refractivity contribution in [1.29, 1.82) is 0 Å². The van der Waals surface area contributed by atoms with Gasteiger partial charge in [0.05, 0.1) is 10.5 Å². The number of sulfonamides is 1. The van der Waals surface area contributed by atoms with Crippen molar-refractivity contribution >= 4 is 31.6 Å². The number of nitrogen functional groups attached to an aromatic ring is 1. The van der Waals surface area contributed by atoms with Crippen LogP contribution in [-0.2, 0) is 10.0 Å². The Morgan fingerprint density at radius 1 is 1.47 bits per heavy atom. The van der Waals surface area contributed by atoms with Crippen LogP contribution < -0.4 is 5.73 Å². The van der Waals surface area contributed by atoms with Crippen molar-refractivity contribution in [3.63, 3.8) is 0 Å². The first-order valence-corrected chi connectivity index (χ1v) is 8.23. The molecule has 1 aliphatic heterocycles. The highest BCUT2D eigenvalue weighted by Crippen LogP contribution is 2.29. The lowest BCUT2D eigenvalue weighted by Crippen LogP contribution is -2.48. The molecule has 1 atom stereocenters. The standard InChI is InChI=1S/C12H17BrN2O3S/c1-12(16)5-2-6-15(8-12)19(17,18)9-3-4-11(14)10(13)7-9/h3-4,7,16H,2,5-6,8,14H2,1H3. The van der Waals surface area contributed by atoms with E-state index in [4.69, 9.17) is 5.73 Å². The predicted molar refractivity (Wildman–Crippen MR) is 77.2 cm³/mol. The Morgan fingerprint density at radius 3 is 2.74 bits per heavy atom. The fourth-order valence-corrected chi connectivity index (χ4v) is 4.35. The van der Waals surface area contributed by atoms with Crippen molar-refractivity contribution in [2.24, 2.45) is 0 Å². The highest BCUT2D eigenvalue weighted by atomic mass is 79.9. The van der Waals surface area contributed by atoms with E-state index in [9.17, 15) is 13.5 Å². The van der Waals surface area contributed by atoms with Crippen LogP contribution in [0.2, 0.25) is 0 Å². The topological polar surface area (TPSA) is 83.6 Å². The summed E-state index contributed by atoms with van der Waals surface area (Å²) in [6.07, 6.45) is 1.27. The number of piperidine rings is 1. The minimum absolute atomic E-state index is 0.122. The van der Waals surface area contributed by atoms with Crippen molar-refractivity contribution in [2.75, 3.05) is 18.8 Å². The number of nitrogens with zero attached hydrogens (tertiary/aromatic N) is 1. The van der Waals surface area contributed by atoms with Gasteiger partial charge in [-0.25, -0.2) is 8.42 Å². The second-order valence-electron chi connectivity index (χ2n) is 5.12. The van der Waals surface area contributed by atoms with Crippen LogP contribution in [0, 0.1) is 0 Å². The number of anilines is 1. The zero-order valence-electron chi connectivity index (χ0n) is 10.6. The number of halogens is 1. The van der Waals surface area contributed by atoms with Gasteiger partial charge in [0, 0.05) is 23.2 Å². The lowest BCUT2D eigenvalue weighted by atomic mass is 9.97. The van der Waals surface area contributed by atoms with Crippen molar-refractivity contribution in [3.05, 3.63) is 22.7 Å². The molecule has 0 aliphatic carbocycles. The number of rotatable bonds is 2. The minimum atomic E-state index is -3.58. The summed E-state index contributed by atoms with van der Waals surface area (Å²) >= 11 is 3.23. The summed E-state index contributed by atoms with van der Waals surface area (Å²) in [6.45, 7) is 2.21. The summed E-state index contributed by atoms with van der Waals surface area (Å²) in [7, 11) is -3.58. The SMILES string of the molecule is CC1(O)CCCN(S(=O)(=O)c2ccc(N)c(Br)c2)C1. The first-order chi connectivity index (χ1) is 8.72. The monoisotopic (exact) mass is 348 g/mol. The lowest BCUT2D eigenvalue weighted by molar-refractivity contribution is 0.00940. The number of hydrogen-bond acceptors (Lipinski definition) is 4. The van der Waals surface area contributed by atoms with Crippen LogP contribution in [-0.4, -0.2) is 36.5 Å². The molecule has 19 heavy (non-hydrogen) atoms. The molecule has 1 unspecified atom stereocenters. The Labute approximate surface area is 121 Å². The van der Waals surface area contributed by atoms with E-state index < -0.39 is 15.6 Å². The maximum atomic E-state index is 12.5. The van der Waals surface area contributed by atoms with Gasteiger partial charge in [-0.15, -0.1) is 0 Å². The highest BCUT2D eigenvalue weighted by molar-refractivity contribution is 9.10. The largest absolute Gasteiger partial charge is 0.398 e. The van der Waals surface area contributed by atoms with E-state index in [1.165, 1.54) is 16.4 Å². The zero-order valence-corrected chi connectivity index (χ0v) is 13.0. The summed E-state index contributed by atoms with van der Waals surface area (Å²) in [5.41, 5.74) is 5.19. The van der Waals surface area contributed by atoms with Crippen LogP contribution >= 0.6 is 15.9 Å². The molecule has 0 amide bonds. The molecule has 3 N–H and O–H groups in total. The van der Waals surface area contributed by atoms with Gasteiger partial charge in [-0.1, -0.05) is 0 Å². The van der Waals surface area contributed by atoms with Crippen LogP contribution in [0.4, 0.5) is 5.69 Å². The maximum absolute atomic E-state index is 12.5. The zero-order chi connectivity index (χ0) is 14.3. The number of aliphatic hydroxyl groups is 1.